The summed E-state index contributed by atoms with van der Waals surface area (Å²) in [6.07, 6.45) is 34.0. The van der Waals surface area contributed by atoms with Crippen LogP contribution in [-0.4, -0.2) is 57.4 Å². The van der Waals surface area contributed by atoms with Crippen LogP contribution in [0.25, 0.3) is 0 Å². The first-order chi connectivity index (χ1) is 20.3. The Labute approximate surface area is 281 Å². The van der Waals surface area contributed by atoms with Gasteiger partial charge in [-0.05, 0) is 77.0 Å². The maximum atomic E-state index is 10.2. The minimum atomic E-state index is -0.939. The molecule has 0 heterocycles. The van der Waals surface area contributed by atoms with Crippen LogP contribution in [0.15, 0.2) is 24.3 Å². The molecule has 0 unspecified atom stereocenters. The monoisotopic (exact) mass is 618 g/mol. The van der Waals surface area contributed by atoms with Gasteiger partial charge in [0.1, 0.15) is 0 Å². The first kappa shape index (κ1) is 46.5. The van der Waals surface area contributed by atoms with E-state index in [4.69, 9.17) is 0 Å². The van der Waals surface area contributed by atoms with Crippen LogP contribution >= 0.6 is 0 Å². The van der Waals surface area contributed by atoms with Gasteiger partial charge in [0.2, 0.25) is 0 Å². The smallest absolute Gasteiger partial charge is 0.550 e. The van der Waals surface area contributed by atoms with E-state index in [9.17, 15) is 30.0 Å². The topological polar surface area (TPSA) is 121 Å². The molecule has 0 saturated carbocycles. The number of aliphatic hydroxyl groups excluding tert-OH is 2. The van der Waals surface area contributed by atoms with Crippen LogP contribution in [0.2, 0.25) is 0 Å². The van der Waals surface area contributed by atoms with E-state index in [1.165, 1.54) is 38.5 Å². The van der Waals surface area contributed by atoms with E-state index in [2.05, 4.69) is 38.2 Å². The zero-order valence-electron chi connectivity index (χ0n) is 28.1. The van der Waals surface area contributed by atoms with Crippen molar-refractivity contribution in [1.29, 1.82) is 0 Å². The predicted molar refractivity (Wildman–Crippen MR) is 177 cm³/mol. The first-order valence-corrected chi connectivity index (χ1v) is 17.4. The molecule has 0 fully saturated rings. The number of unbranched alkanes of at least 4 members (excludes halogenated alkanes) is 16. The van der Waals surface area contributed by atoms with E-state index in [0.29, 0.717) is 0 Å². The molecule has 248 valence electrons. The number of hydrogen-bond acceptors (Lipinski definition) is 6. The number of allylic oxidation sites excluding steroid dienone is 2. The number of carboxylic acid groups (broad SMARTS) is 2. The SMILES string of the molecule is CCCCCC[C@@H](O)CC=CCCCCCCCC(=O)[O-].CCCCCC[C@@H](O)CC=CCCCCCCCC(=O)[O-].[Mg+2]. The summed E-state index contributed by atoms with van der Waals surface area (Å²) >= 11 is 0. The summed E-state index contributed by atoms with van der Waals surface area (Å²) < 4.78 is 0. The van der Waals surface area contributed by atoms with Crippen LogP contribution in [-0.2, 0) is 9.59 Å². The first-order valence-electron chi connectivity index (χ1n) is 17.4. The Kier molecular flexibility index (Phi) is 42.3. The van der Waals surface area contributed by atoms with Gasteiger partial charge in [0.15, 0.2) is 0 Å². The Bertz CT molecular complexity index is 583. The van der Waals surface area contributed by atoms with Crippen LogP contribution < -0.4 is 10.2 Å². The maximum absolute atomic E-state index is 10.2. The van der Waals surface area contributed by atoms with E-state index in [1.807, 2.05) is 0 Å². The van der Waals surface area contributed by atoms with Crippen molar-refractivity contribution in [1.82, 2.24) is 0 Å². The van der Waals surface area contributed by atoms with Gasteiger partial charge in [-0.3, -0.25) is 0 Å². The molecule has 0 aromatic heterocycles. The summed E-state index contributed by atoms with van der Waals surface area (Å²) in [6, 6.07) is 0. The van der Waals surface area contributed by atoms with E-state index < -0.39 is 11.9 Å². The minimum absolute atomic E-state index is 0. The van der Waals surface area contributed by atoms with Crippen LogP contribution in [0.1, 0.15) is 181 Å². The molecule has 7 heteroatoms. The molecule has 0 aliphatic carbocycles. The van der Waals surface area contributed by atoms with Crippen molar-refractivity contribution in [2.45, 2.75) is 193 Å². The zero-order valence-corrected chi connectivity index (χ0v) is 29.5. The van der Waals surface area contributed by atoms with Gasteiger partial charge in [0.25, 0.3) is 0 Å². The Hall–Kier alpha value is -0.894. The number of aliphatic hydroxyl groups is 2. The maximum Gasteiger partial charge on any atom is 2.00 e. The summed E-state index contributed by atoms with van der Waals surface area (Å²) in [5, 5.41) is 40.0. The molecular formula is C36H66MgO6. The van der Waals surface area contributed by atoms with Crippen molar-refractivity contribution < 1.29 is 30.0 Å². The number of carbonyl (C=O) groups excluding carboxylic acids is 2. The van der Waals surface area contributed by atoms with Gasteiger partial charge in [-0.15, -0.1) is 0 Å². The Morgan fingerprint density at radius 3 is 1.19 bits per heavy atom. The molecular weight excluding hydrogens is 553 g/mol. The molecule has 6 nitrogen and oxygen atoms in total. The number of rotatable bonds is 30. The largest absolute Gasteiger partial charge is 2.00 e. The molecule has 0 saturated heterocycles. The summed E-state index contributed by atoms with van der Waals surface area (Å²) in [6.45, 7) is 4.39. The van der Waals surface area contributed by atoms with Gasteiger partial charge in [-0.2, -0.15) is 0 Å². The van der Waals surface area contributed by atoms with Gasteiger partial charge in [-0.1, -0.05) is 128 Å². The number of aliphatic carboxylic acids is 2. The second-order valence-corrected chi connectivity index (χ2v) is 11.8. The summed E-state index contributed by atoms with van der Waals surface area (Å²) in [5.74, 6) is -1.88. The number of carboxylic acids is 2. The van der Waals surface area contributed by atoms with Gasteiger partial charge in [-0.25, -0.2) is 0 Å². The Balaban J connectivity index is -0.000000727. The van der Waals surface area contributed by atoms with Crippen molar-refractivity contribution in [3.8, 4) is 0 Å². The number of hydrogen-bond donors (Lipinski definition) is 2. The molecule has 0 aromatic carbocycles. The molecule has 0 amide bonds. The van der Waals surface area contributed by atoms with Gasteiger partial charge in [0, 0.05) is 11.9 Å². The fourth-order valence-corrected chi connectivity index (χ4v) is 4.72. The van der Waals surface area contributed by atoms with Gasteiger partial charge < -0.3 is 30.0 Å². The fraction of sp³-hybridized carbons (Fsp3) is 0.833. The van der Waals surface area contributed by atoms with Crippen LogP contribution in [0.5, 0.6) is 0 Å². The quantitative estimate of drug-likeness (QED) is 0.0503. The molecule has 0 bridgehead atoms. The average Bonchev–Trinajstić information content (AvgIpc) is 2.95. The molecule has 0 spiro atoms. The van der Waals surface area contributed by atoms with Crippen molar-refractivity contribution >= 4 is 35.0 Å². The third-order valence-corrected chi connectivity index (χ3v) is 7.43. The molecule has 43 heavy (non-hydrogen) atoms. The Morgan fingerprint density at radius 1 is 0.512 bits per heavy atom. The van der Waals surface area contributed by atoms with Crippen LogP contribution in [0.3, 0.4) is 0 Å². The minimum Gasteiger partial charge on any atom is -0.550 e. The third-order valence-electron chi connectivity index (χ3n) is 7.43. The van der Waals surface area contributed by atoms with Gasteiger partial charge >= 0.3 is 23.1 Å². The van der Waals surface area contributed by atoms with Crippen molar-refractivity contribution in [3.63, 3.8) is 0 Å². The molecule has 2 atom stereocenters. The van der Waals surface area contributed by atoms with Crippen molar-refractivity contribution in [2.75, 3.05) is 0 Å². The average molecular weight is 619 g/mol. The third kappa shape index (κ3) is 45.7. The van der Waals surface area contributed by atoms with Crippen molar-refractivity contribution in [3.05, 3.63) is 24.3 Å². The standard InChI is InChI=1S/2C18H34O3.Mg/c2*1-2-3-4-11-14-17(19)15-12-9-7-5-6-8-10-13-16-18(20)21;/h2*9,12,17,19H,2-8,10-11,13-16H2,1H3,(H,20,21);/q;;+2/p-2/t2*17-;/m11./s1. The normalized spacial score (nSPS) is 12.6. The second-order valence-electron chi connectivity index (χ2n) is 11.8. The molecule has 0 aliphatic rings. The van der Waals surface area contributed by atoms with E-state index in [1.54, 1.807) is 0 Å². The molecule has 2 N–H and O–H groups in total. The summed E-state index contributed by atoms with van der Waals surface area (Å²) in [4.78, 5) is 20.4. The molecule has 0 aliphatic heterocycles. The predicted octanol–water partition coefficient (Wildman–Crippen LogP) is 7.11. The van der Waals surface area contributed by atoms with Gasteiger partial charge in [0.05, 0.1) is 12.2 Å². The van der Waals surface area contributed by atoms with E-state index >= 15 is 0 Å². The van der Waals surface area contributed by atoms with Crippen LogP contribution in [0, 0.1) is 0 Å². The second kappa shape index (κ2) is 39.1. The fourth-order valence-electron chi connectivity index (χ4n) is 4.72. The van der Waals surface area contributed by atoms with Crippen LogP contribution in [0.4, 0.5) is 0 Å². The molecule has 0 aromatic rings. The molecule has 0 radical (unpaired) electrons. The zero-order chi connectivity index (χ0) is 31.5. The number of carbonyl (C=O) groups is 2. The Morgan fingerprint density at radius 2 is 0.837 bits per heavy atom. The van der Waals surface area contributed by atoms with E-state index in [-0.39, 0.29) is 48.1 Å². The van der Waals surface area contributed by atoms with Crippen molar-refractivity contribution in [2.24, 2.45) is 0 Å². The summed E-state index contributed by atoms with van der Waals surface area (Å²) in [7, 11) is 0. The molecule has 0 rings (SSSR count). The van der Waals surface area contributed by atoms with E-state index in [0.717, 1.165) is 116 Å². The summed E-state index contributed by atoms with van der Waals surface area (Å²) in [5.41, 5.74) is 0.